The molecule has 2 N–H and O–H groups in total. The lowest BCUT2D eigenvalue weighted by atomic mass is 9.84. The van der Waals surface area contributed by atoms with Gasteiger partial charge in [0, 0.05) is 6.04 Å². The Morgan fingerprint density at radius 1 is 1.19 bits per heavy atom. The minimum Gasteiger partial charge on any atom is -0.480 e. The SMILES string of the molecule is CCCN(CCC)CCC1CCCC1(NC1CC1)C(=O)O. The van der Waals surface area contributed by atoms with Crippen LogP contribution in [0.1, 0.15) is 65.2 Å². The van der Waals surface area contributed by atoms with Crippen LogP contribution in [0.4, 0.5) is 0 Å². The first kappa shape index (κ1) is 16.8. The Kier molecular flexibility index (Phi) is 6.06. The van der Waals surface area contributed by atoms with Gasteiger partial charge in [-0.2, -0.15) is 0 Å². The topological polar surface area (TPSA) is 52.6 Å². The highest BCUT2D eigenvalue weighted by atomic mass is 16.4. The molecule has 2 saturated carbocycles. The normalized spacial score (nSPS) is 29.2. The number of hydrogen-bond acceptors (Lipinski definition) is 3. The summed E-state index contributed by atoms with van der Waals surface area (Å²) < 4.78 is 0. The van der Waals surface area contributed by atoms with Crippen LogP contribution in [-0.2, 0) is 4.79 Å². The van der Waals surface area contributed by atoms with Crippen molar-refractivity contribution >= 4 is 5.97 Å². The average Bonchev–Trinajstić information content (AvgIpc) is 3.15. The standard InChI is InChI=1S/C17H32N2O2/c1-3-11-19(12-4-2)13-9-14-6-5-10-17(14,16(20)21)18-15-7-8-15/h14-15,18H,3-13H2,1-2H3,(H,20,21). The zero-order valence-electron chi connectivity index (χ0n) is 13.7. The second kappa shape index (κ2) is 7.59. The predicted molar refractivity (Wildman–Crippen MR) is 85.5 cm³/mol. The third-order valence-corrected chi connectivity index (χ3v) is 5.11. The summed E-state index contributed by atoms with van der Waals surface area (Å²) in [6.45, 7) is 7.75. The fourth-order valence-electron chi connectivity index (χ4n) is 3.90. The van der Waals surface area contributed by atoms with Crippen molar-refractivity contribution in [3.63, 3.8) is 0 Å². The maximum Gasteiger partial charge on any atom is 0.324 e. The van der Waals surface area contributed by atoms with Crippen molar-refractivity contribution < 1.29 is 9.90 Å². The van der Waals surface area contributed by atoms with Crippen LogP contribution in [0.2, 0.25) is 0 Å². The highest BCUT2D eigenvalue weighted by molar-refractivity contribution is 5.80. The third-order valence-electron chi connectivity index (χ3n) is 5.11. The first-order valence-electron chi connectivity index (χ1n) is 8.85. The molecule has 2 aliphatic carbocycles. The molecule has 0 amide bonds. The van der Waals surface area contributed by atoms with Gasteiger partial charge in [0.15, 0.2) is 0 Å². The van der Waals surface area contributed by atoms with Gasteiger partial charge in [0.25, 0.3) is 0 Å². The van der Waals surface area contributed by atoms with Crippen molar-refractivity contribution in [3.8, 4) is 0 Å². The van der Waals surface area contributed by atoms with E-state index in [9.17, 15) is 9.90 Å². The summed E-state index contributed by atoms with van der Waals surface area (Å²) in [5, 5.41) is 13.3. The molecule has 2 unspecified atom stereocenters. The zero-order chi connectivity index (χ0) is 15.3. The van der Waals surface area contributed by atoms with E-state index < -0.39 is 11.5 Å². The summed E-state index contributed by atoms with van der Waals surface area (Å²) in [6, 6.07) is 0.462. The van der Waals surface area contributed by atoms with E-state index in [1.807, 2.05) is 0 Å². The van der Waals surface area contributed by atoms with E-state index in [4.69, 9.17) is 0 Å². The van der Waals surface area contributed by atoms with E-state index in [0.29, 0.717) is 12.0 Å². The van der Waals surface area contributed by atoms with Crippen molar-refractivity contribution in [2.45, 2.75) is 76.8 Å². The van der Waals surface area contributed by atoms with E-state index in [1.165, 1.54) is 12.8 Å². The molecule has 0 aromatic rings. The molecule has 0 aromatic carbocycles. The van der Waals surface area contributed by atoms with Crippen LogP contribution in [0.5, 0.6) is 0 Å². The van der Waals surface area contributed by atoms with Crippen molar-refractivity contribution in [2.75, 3.05) is 19.6 Å². The fourth-order valence-corrected chi connectivity index (χ4v) is 3.90. The molecule has 0 aliphatic heterocycles. The number of rotatable bonds is 10. The quantitative estimate of drug-likeness (QED) is 0.651. The summed E-state index contributed by atoms with van der Waals surface area (Å²) in [5.41, 5.74) is -0.634. The van der Waals surface area contributed by atoms with Crippen LogP contribution in [-0.4, -0.2) is 47.2 Å². The van der Waals surface area contributed by atoms with Gasteiger partial charge in [-0.05, 0) is 70.5 Å². The molecular formula is C17H32N2O2. The highest BCUT2D eigenvalue weighted by Crippen LogP contribution is 2.40. The molecule has 2 rings (SSSR count). The summed E-state index contributed by atoms with van der Waals surface area (Å²) >= 11 is 0. The number of nitrogens with one attached hydrogen (secondary N) is 1. The van der Waals surface area contributed by atoms with Crippen LogP contribution in [0.25, 0.3) is 0 Å². The predicted octanol–water partition coefficient (Wildman–Crippen LogP) is 2.87. The molecule has 2 atom stereocenters. The Bertz CT molecular complexity index is 338. The van der Waals surface area contributed by atoms with Gasteiger partial charge in [0.2, 0.25) is 0 Å². The fraction of sp³-hybridized carbons (Fsp3) is 0.941. The smallest absolute Gasteiger partial charge is 0.324 e. The molecule has 4 heteroatoms. The molecule has 0 radical (unpaired) electrons. The molecule has 2 fully saturated rings. The molecule has 0 bridgehead atoms. The van der Waals surface area contributed by atoms with Crippen molar-refractivity contribution in [3.05, 3.63) is 0 Å². The van der Waals surface area contributed by atoms with Gasteiger partial charge in [-0.1, -0.05) is 20.3 Å². The number of aliphatic carboxylic acids is 1. The summed E-state index contributed by atoms with van der Waals surface area (Å²) in [7, 11) is 0. The van der Waals surface area contributed by atoms with Crippen molar-refractivity contribution in [1.29, 1.82) is 0 Å². The van der Waals surface area contributed by atoms with Gasteiger partial charge in [0.1, 0.15) is 5.54 Å². The lowest BCUT2D eigenvalue weighted by Crippen LogP contribution is -2.56. The lowest BCUT2D eigenvalue weighted by molar-refractivity contribution is -0.147. The van der Waals surface area contributed by atoms with Crippen molar-refractivity contribution in [1.82, 2.24) is 10.2 Å². The Morgan fingerprint density at radius 2 is 1.86 bits per heavy atom. The maximum atomic E-state index is 11.9. The molecule has 21 heavy (non-hydrogen) atoms. The van der Waals surface area contributed by atoms with Crippen LogP contribution < -0.4 is 5.32 Å². The molecule has 0 saturated heterocycles. The highest BCUT2D eigenvalue weighted by Gasteiger charge is 2.51. The molecule has 2 aliphatic rings. The van der Waals surface area contributed by atoms with Crippen LogP contribution in [0.3, 0.4) is 0 Å². The summed E-state index contributed by atoms with van der Waals surface area (Å²) in [5.74, 6) is -0.318. The first-order chi connectivity index (χ1) is 10.1. The van der Waals surface area contributed by atoms with Crippen LogP contribution in [0.15, 0.2) is 0 Å². The van der Waals surface area contributed by atoms with E-state index in [0.717, 1.165) is 58.2 Å². The number of carboxylic acid groups (broad SMARTS) is 1. The second-order valence-corrected chi connectivity index (χ2v) is 6.91. The molecule has 0 heterocycles. The Labute approximate surface area is 129 Å². The van der Waals surface area contributed by atoms with Gasteiger partial charge < -0.3 is 10.0 Å². The third kappa shape index (κ3) is 4.19. The van der Waals surface area contributed by atoms with E-state index >= 15 is 0 Å². The van der Waals surface area contributed by atoms with E-state index in [-0.39, 0.29) is 0 Å². The molecular weight excluding hydrogens is 264 g/mol. The van der Waals surface area contributed by atoms with Gasteiger partial charge in [0.05, 0.1) is 0 Å². The summed E-state index contributed by atoms with van der Waals surface area (Å²) in [4.78, 5) is 14.4. The largest absolute Gasteiger partial charge is 0.480 e. The molecule has 122 valence electrons. The maximum absolute atomic E-state index is 11.9. The average molecular weight is 296 g/mol. The van der Waals surface area contributed by atoms with E-state index in [2.05, 4.69) is 24.1 Å². The number of nitrogens with zero attached hydrogens (tertiary/aromatic N) is 1. The minimum atomic E-state index is -0.634. The lowest BCUT2D eigenvalue weighted by Gasteiger charge is -2.34. The number of carboxylic acids is 1. The number of carbonyl (C=O) groups is 1. The summed E-state index contributed by atoms with van der Waals surface area (Å²) in [6.07, 6.45) is 8.61. The molecule has 4 nitrogen and oxygen atoms in total. The van der Waals surface area contributed by atoms with Crippen molar-refractivity contribution in [2.24, 2.45) is 5.92 Å². The Hall–Kier alpha value is -0.610. The molecule has 0 aromatic heterocycles. The van der Waals surface area contributed by atoms with Gasteiger partial charge in [-0.15, -0.1) is 0 Å². The van der Waals surface area contributed by atoms with Gasteiger partial charge in [-0.3, -0.25) is 10.1 Å². The molecule has 0 spiro atoms. The Balaban J connectivity index is 1.94. The second-order valence-electron chi connectivity index (χ2n) is 6.91. The minimum absolute atomic E-state index is 0.298. The first-order valence-corrected chi connectivity index (χ1v) is 8.85. The van der Waals surface area contributed by atoms with Gasteiger partial charge >= 0.3 is 5.97 Å². The van der Waals surface area contributed by atoms with Crippen LogP contribution in [0, 0.1) is 5.92 Å². The number of hydrogen-bond donors (Lipinski definition) is 2. The van der Waals surface area contributed by atoms with Gasteiger partial charge in [-0.25, -0.2) is 0 Å². The monoisotopic (exact) mass is 296 g/mol. The van der Waals surface area contributed by atoms with Crippen LogP contribution >= 0.6 is 0 Å². The van der Waals surface area contributed by atoms with E-state index in [1.54, 1.807) is 0 Å². The Morgan fingerprint density at radius 3 is 2.38 bits per heavy atom. The zero-order valence-corrected chi connectivity index (χ0v) is 13.7.